The van der Waals surface area contributed by atoms with E-state index in [1.807, 2.05) is 12.5 Å². The summed E-state index contributed by atoms with van der Waals surface area (Å²) in [6.45, 7) is 5.04. The Morgan fingerprint density at radius 3 is 3.00 bits per heavy atom. The zero-order valence-electron chi connectivity index (χ0n) is 11.1. The van der Waals surface area contributed by atoms with E-state index in [-0.39, 0.29) is 0 Å². The van der Waals surface area contributed by atoms with Crippen LogP contribution in [0.1, 0.15) is 24.6 Å². The van der Waals surface area contributed by atoms with Gasteiger partial charge in [-0.3, -0.25) is 4.98 Å². The molecule has 0 aliphatic rings. The van der Waals surface area contributed by atoms with Gasteiger partial charge in [0.05, 0.1) is 18.6 Å². The van der Waals surface area contributed by atoms with Crippen LogP contribution in [0.5, 0.6) is 0 Å². The molecule has 4 nitrogen and oxygen atoms in total. The summed E-state index contributed by atoms with van der Waals surface area (Å²) in [7, 11) is 0. The SMILES string of the molecule is CCCNCCc1cn(Cc2cncc(Br)c2)cn1. The van der Waals surface area contributed by atoms with E-state index in [1.165, 1.54) is 12.0 Å². The molecular formula is C14H19BrN4. The third-order valence-electron chi connectivity index (χ3n) is 2.80. The van der Waals surface area contributed by atoms with Crippen molar-refractivity contribution in [1.82, 2.24) is 19.9 Å². The van der Waals surface area contributed by atoms with Crippen molar-refractivity contribution in [3.05, 3.63) is 46.7 Å². The molecule has 0 radical (unpaired) electrons. The van der Waals surface area contributed by atoms with Crippen LogP contribution in [0.25, 0.3) is 0 Å². The van der Waals surface area contributed by atoms with Crippen LogP contribution >= 0.6 is 15.9 Å². The van der Waals surface area contributed by atoms with Gasteiger partial charge in [0.1, 0.15) is 0 Å². The van der Waals surface area contributed by atoms with Gasteiger partial charge in [-0.05, 0) is 40.5 Å². The van der Waals surface area contributed by atoms with E-state index in [9.17, 15) is 0 Å². The fraction of sp³-hybridized carbons (Fsp3) is 0.429. The maximum atomic E-state index is 4.42. The van der Waals surface area contributed by atoms with Gasteiger partial charge in [-0.2, -0.15) is 0 Å². The van der Waals surface area contributed by atoms with Crippen molar-refractivity contribution < 1.29 is 0 Å². The number of hydrogen-bond acceptors (Lipinski definition) is 3. The molecule has 0 unspecified atom stereocenters. The second-order valence-corrected chi connectivity index (χ2v) is 5.46. The van der Waals surface area contributed by atoms with Gasteiger partial charge in [0.2, 0.25) is 0 Å². The van der Waals surface area contributed by atoms with Gasteiger partial charge in [0.25, 0.3) is 0 Å². The molecule has 0 aliphatic heterocycles. The Kier molecular flexibility index (Phi) is 5.54. The van der Waals surface area contributed by atoms with E-state index in [2.05, 4.69) is 55.0 Å². The topological polar surface area (TPSA) is 42.7 Å². The minimum atomic E-state index is 0.807. The van der Waals surface area contributed by atoms with E-state index >= 15 is 0 Å². The predicted octanol–water partition coefficient (Wildman–Crippen LogP) is 2.63. The standard InChI is InChI=1S/C14H19BrN4/c1-2-4-16-5-3-14-10-19(11-18-14)9-12-6-13(15)8-17-7-12/h6-8,10-11,16H,2-5,9H2,1H3. The number of aromatic nitrogens is 3. The molecule has 0 bridgehead atoms. The van der Waals surface area contributed by atoms with E-state index in [1.54, 1.807) is 6.20 Å². The zero-order valence-corrected chi connectivity index (χ0v) is 12.7. The number of halogens is 1. The molecule has 0 amide bonds. The third kappa shape index (κ3) is 4.76. The highest BCUT2D eigenvalue weighted by Gasteiger charge is 2.01. The van der Waals surface area contributed by atoms with Crippen LogP contribution in [-0.2, 0) is 13.0 Å². The Balaban J connectivity index is 1.87. The molecule has 0 spiro atoms. The van der Waals surface area contributed by atoms with E-state index in [0.29, 0.717) is 0 Å². The minimum Gasteiger partial charge on any atom is -0.333 e. The van der Waals surface area contributed by atoms with Crippen molar-refractivity contribution in [1.29, 1.82) is 0 Å². The van der Waals surface area contributed by atoms with Crippen LogP contribution in [-0.4, -0.2) is 27.6 Å². The summed E-state index contributed by atoms with van der Waals surface area (Å²) in [5.74, 6) is 0. The Labute approximate surface area is 122 Å². The van der Waals surface area contributed by atoms with Gasteiger partial charge in [0.15, 0.2) is 0 Å². The molecular weight excluding hydrogens is 304 g/mol. The molecule has 0 atom stereocenters. The Bertz CT molecular complexity index is 510. The quantitative estimate of drug-likeness (QED) is 0.797. The Morgan fingerprint density at radius 2 is 2.21 bits per heavy atom. The van der Waals surface area contributed by atoms with E-state index in [0.717, 1.165) is 36.2 Å². The Morgan fingerprint density at radius 1 is 1.32 bits per heavy atom. The molecule has 0 saturated carbocycles. The van der Waals surface area contributed by atoms with Gasteiger partial charge < -0.3 is 9.88 Å². The first-order valence-electron chi connectivity index (χ1n) is 6.58. The van der Waals surface area contributed by atoms with Crippen molar-refractivity contribution >= 4 is 15.9 Å². The smallest absolute Gasteiger partial charge is 0.0952 e. The van der Waals surface area contributed by atoms with Crippen molar-refractivity contribution in [2.45, 2.75) is 26.3 Å². The first-order valence-corrected chi connectivity index (χ1v) is 7.38. The second kappa shape index (κ2) is 7.40. The number of nitrogens with zero attached hydrogens (tertiary/aromatic N) is 3. The van der Waals surface area contributed by atoms with Crippen molar-refractivity contribution in [2.24, 2.45) is 0 Å². The number of pyridine rings is 1. The summed E-state index contributed by atoms with van der Waals surface area (Å²) in [5.41, 5.74) is 2.30. The van der Waals surface area contributed by atoms with Crippen LogP contribution in [0.3, 0.4) is 0 Å². The molecule has 0 aromatic carbocycles. The monoisotopic (exact) mass is 322 g/mol. The molecule has 2 heterocycles. The molecule has 2 rings (SSSR count). The zero-order chi connectivity index (χ0) is 13.5. The van der Waals surface area contributed by atoms with Crippen LogP contribution in [0, 0.1) is 0 Å². The van der Waals surface area contributed by atoms with Crippen molar-refractivity contribution in [2.75, 3.05) is 13.1 Å². The maximum Gasteiger partial charge on any atom is 0.0952 e. The predicted molar refractivity (Wildman–Crippen MR) is 80.1 cm³/mol. The van der Waals surface area contributed by atoms with Crippen LogP contribution in [0.4, 0.5) is 0 Å². The summed E-state index contributed by atoms with van der Waals surface area (Å²) in [5, 5.41) is 3.38. The van der Waals surface area contributed by atoms with Gasteiger partial charge in [0, 0.05) is 36.0 Å². The third-order valence-corrected chi connectivity index (χ3v) is 3.23. The summed E-state index contributed by atoms with van der Waals surface area (Å²) in [6, 6.07) is 2.08. The summed E-state index contributed by atoms with van der Waals surface area (Å²) in [4.78, 5) is 8.59. The van der Waals surface area contributed by atoms with Crippen LogP contribution in [0.2, 0.25) is 0 Å². The molecule has 2 aromatic heterocycles. The molecule has 1 N–H and O–H groups in total. The van der Waals surface area contributed by atoms with Gasteiger partial charge in [-0.15, -0.1) is 0 Å². The lowest BCUT2D eigenvalue weighted by Gasteiger charge is -2.02. The second-order valence-electron chi connectivity index (χ2n) is 4.55. The molecule has 102 valence electrons. The van der Waals surface area contributed by atoms with Gasteiger partial charge in [-0.25, -0.2) is 4.98 Å². The molecule has 0 saturated heterocycles. The highest BCUT2D eigenvalue weighted by atomic mass is 79.9. The molecule has 0 aliphatic carbocycles. The molecule has 19 heavy (non-hydrogen) atoms. The van der Waals surface area contributed by atoms with E-state index in [4.69, 9.17) is 0 Å². The summed E-state index contributed by atoms with van der Waals surface area (Å²) in [6.07, 6.45) is 9.81. The van der Waals surface area contributed by atoms with Crippen LogP contribution in [0.15, 0.2) is 35.5 Å². The van der Waals surface area contributed by atoms with E-state index < -0.39 is 0 Å². The lowest BCUT2D eigenvalue weighted by Crippen LogP contribution is -2.17. The first-order chi connectivity index (χ1) is 9.28. The van der Waals surface area contributed by atoms with Gasteiger partial charge >= 0.3 is 0 Å². The first kappa shape index (κ1) is 14.2. The van der Waals surface area contributed by atoms with Crippen LogP contribution < -0.4 is 5.32 Å². The van der Waals surface area contributed by atoms with Crippen molar-refractivity contribution in [3.8, 4) is 0 Å². The summed E-state index contributed by atoms with van der Waals surface area (Å²) < 4.78 is 3.10. The number of imidazole rings is 1. The largest absolute Gasteiger partial charge is 0.333 e. The molecule has 0 fully saturated rings. The minimum absolute atomic E-state index is 0.807. The lowest BCUT2D eigenvalue weighted by molar-refractivity contribution is 0.666. The number of rotatable bonds is 7. The summed E-state index contributed by atoms with van der Waals surface area (Å²) >= 11 is 3.43. The average molecular weight is 323 g/mol. The highest BCUT2D eigenvalue weighted by Crippen LogP contribution is 2.11. The fourth-order valence-corrected chi connectivity index (χ4v) is 2.31. The average Bonchev–Trinajstić information content (AvgIpc) is 2.82. The lowest BCUT2D eigenvalue weighted by atomic mass is 10.3. The fourth-order valence-electron chi connectivity index (χ4n) is 1.89. The normalized spacial score (nSPS) is 10.8. The maximum absolute atomic E-state index is 4.42. The number of nitrogens with one attached hydrogen (secondary N) is 1. The Hall–Kier alpha value is -1.20. The van der Waals surface area contributed by atoms with Crippen molar-refractivity contribution in [3.63, 3.8) is 0 Å². The number of hydrogen-bond donors (Lipinski definition) is 1. The molecule has 5 heteroatoms. The molecule has 2 aromatic rings. The highest BCUT2D eigenvalue weighted by molar-refractivity contribution is 9.10. The van der Waals surface area contributed by atoms with Gasteiger partial charge in [-0.1, -0.05) is 6.92 Å².